The van der Waals surface area contributed by atoms with Gasteiger partial charge in [-0.3, -0.25) is 14.4 Å². The number of aryl methyl sites for hydroxylation is 4. The van der Waals surface area contributed by atoms with Crippen molar-refractivity contribution >= 4 is 40.6 Å². The number of hydrogen-bond donors (Lipinski definition) is 3. The summed E-state index contributed by atoms with van der Waals surface area (Å²) in [6, 6.07) is 25.6. The fourth-order valence-corrected chi connectivity index (χ4v) is 6.60. The Hall–Kier alpha value is -4.46. The maximum Gasteiger partial charge on any atom is 0.235 e. The molecule has 2 amide bonds. The highest BCUT2D eigenvalue weighted by Gasteiger charge is 2.56. The third kappa shape index (κ3) is 7.16. The summed E-state index contributed by atoms with van der Waals surface area (Å²) in [5.41, 5.74) is 4.52. The summed E-state index contributed by atoms with van der Waals surface area (Å²) in [6.45, 7) is 9.38. The molecule has 1 saturated carbocycles. The van der Waals surface area contributed by atoms with Crippen molar-refractivity contribution in [3.05, 3.63) is 123 Å². The van der Waals surface area contributed by atoms with Crippen LogP contribution in [0.15, 0.2) is 84.9 Å². The highest BCUT2D eigenvalue weighted by atomic mass is 35.5. The molecule has 238 valence electrons. The Morgan fingerprint density at radius 1 is 0.848 bits per heavy atom. The number of ether oxygens (including phenoxy) is 1. The minimum Gasteiger partial charge on any atom is -0.489 e. The van der Waals surface area contributed by atoms with Gasteiger partial charge in [-0.2, -0.15) is 0 Å². The third-order valence-electron chi connectivity index (χ3n) is 8.71. The van der Waals surface area contributed by atoms with Crippen molar-refractivity contribution in [2.75, 3.05) is 10.6 Å². The topological polar surface area (TPSA) is 105 Å². The lowest BCUT2D eigenvalue weighted by molar-refractivity contribution is -0.150. The first kappa shape index (κ1) is 32.9. The number of Topliss-reactive ketones (excluding diaryl/α,β-unsaturated/α-hetero) is 1. The first-order valence-electron chi connectivity index (χ1n) is 15.3. The molecule has 0 aliphatic heterocycles. The number of aliphatic hydroxyl groups is 1. The molecule has 46 heavy (non-hydrogen) atoms. The van der Waals surface area contributed by atoms with E-state index in [1.165, 1.54) is 6.92 Å². The van der Waals surface area contributed by atoms with Crippen LogP contribution in [0.4, 0.5) is 11.4 Å². The van der Waals surface area contributed by atoms with E-state index in [2.05, 4.69) is 10.6 Å². The molecule has 1 aliphatic carbocycles. The van der Waals surface area contributed by atoms with E-state index in [4.69, 9.17) is 16.3 Å². The van der Waals surface area contributed by atoms with E-state index >= 15 is 0 Å². The van der Waals surface area contributed by atoms with E-state index < -0.39 is 41.0 Å². The molecule has 0 radical (unpaired) electrons. The molecule has 1 aliphatic rings. The monoisotopic (exact) mass is 638 g/mol. The predicted molar refractivity (Wildman–Crippen MR) is 181 cm³/mol. The van der Waals surface area contributed by atoms with E-state index in [0.29, 0.717) is 27.7 Å². The lowest BCUT2D eigenvalue weighted by Gasteiger charge is -2.44. The lowest BCUT2D eigenvalue weighted by atomic mass is 9.61. The van der Waals surface area contributed by atoms with Crippen LogP contribution in [0.25, 0.3) is 0 Å². The molecule has 4 aromatic rings. The van der Waals surface area contributed by atoms with Crippen molar-refractivity contribution in [1.82, 2.24) is 0 Å². The highest BCUT2D eigenvalue weighted by molar-refractivity contribution is 6.31. The molecule has 5 rings (SSSR count). The molecule has 0 spiro atoms. The van der Waals surface area contributed by atoms with Gasteiger partial charge in [-0.1, -0.05) is 77.3 Å². The van der Waals surface area contributed by atoms with Crippen molar-refractivity contribution < 1.29 is 24.2 Å². The first-order chi connectivity index (χ1) is 21.8. The number of benzene rings is 4. The Bertz CT molecular complexity index is 1800. The van der Waals surface area contributed by atoms with Gasteiger partial charge in [-0.15, -0.1) is 0 Å². The number of carbonyl (C=O) groups is 3. The molecular formula is C38H39ClN2O5. The molecule has 0 aromatic heterocycles. The van der Waals surface area contributed by atoms with Crippen LogP contribution in [-0.4, -0.2) is 28.3 Å². The number of carbonyl (C=O) groups excluding carboxylic acids is 3. The van der Waals surface area contributed by atoms with Gasteiger partial charge >= 0.3 is 0 Å². The van der Waals surface area contributed by atoms with Crippen LogP contribution in [-0.2, 0) is 21.0 Å². The Labute approximate surface area is 275 Å². The van der Waals surface area contributed by atoms with Gasteiger partial charge in [0.1, 0.15) is 24.1 Å². The molecule has 8 heteroatoms. The van der Waals surface area contributed by atoms with Gasteiger partial charge in [0.25, 0.3) is 0 Å². The molecule has 0 heterocycles. The van der Waals surface area contributed by atoms with Gasteiger partial charge in [-0.05, 0) is 81.6 Å². The summed E-state index contributed by atoms with van der Waals surface area (Å²) in [6.07, 6.45) is -0.359. The lowest BCUT2D eigenvalue weighted by Crippen LogP contribution is -2.56. The van der Waals surface area contributed by atoms with Crippen LogP contribution >= 0.6 is 11.6 Å². The summed E-state index contributed by atoms with van der Waals surface area (Å²) in [5, 5.41) is 18.2. The van der Waals surface area contributed by atoms with Gasteiger partial charge in [0.2, 0.25) is 11.8 Å². The molecular weight excluding hydrogens is 600 g/mol. The van der Waals surface area contributed by atoms with Crippen molar-refractivity contribution in [3.8, 4) is 5.75 Å². The quantitative estimate of drug-likeness (QED) is 0.174. The molecule has 3 N–H and O–H groups in total. The summed E-state index contributed by atoms with van der Waals surface area (Å²) < 4.78 is 6.09. The van der Waals surface area contributed by atoms with Gasteiger partial charge < -0.3 is 20.5 Å². The van der Waals surface area contributed by atoms with E-state index in [9.17, 15) is 19.5 Å². The number of hydrogen-bond acceptors (Lipinski definition) is 5. The standard InChI is InChI=1S/C38H39ClN2O5/c1-22-13-15-30(24(3)17-22)40-36(43)34-32(42)20-38(5,45)35(37(44)41-31-16-14-23(2)18-25(31)4)33(34)26-10-8-11-28(19-26)46-21-27-9-6-7-12-29(27)39/h6-19,33-35,45H,20-21H2,1-5H3,(H,40,43)(H,41,44). The molecule has 4 aromatic carbocycles. The second-order valence-electron chi connectivity index (χ2n) is 12.5. The molecule has 0 saturated heterocycles. The predicted octanol–water partition coefficient (Wildman–Crippen LogP) is 7.47. The average molecular weight is 639 g/mol. The van der Waals surface area contributed by atoms with Crippen LogP contribution in [0.3, 0.4) is 0 Å². The second-order valence-corrected chi connectivity index (χ2v) is 13.0. The Kier molecular flexibility index (Phi) is 9.66. The largest absolute Gasteiger partial charge is 0.489 e. The smallest absolute Gasteiger partial charge is 0.235 e. The summed E-state index contributed by atoms with van der Waals surface area (Å²) >= 11 is 6.34. The average Bonchev–Trinajstić information content (AvgIpc) is 2.98. The summed E-state index contributed by atoms with van der Waals surface area (Å²) in [4.78, 5) is 42.1. The maximum atomic E-state index is 14.2. The van der Waals surface area contributed by atoms with Crippen molar-refractivity contribution in [2.24, 2.45) is 11.8 Å². The van der Waals surface area contributed by atoms with Crippen molar-refractivity contribution in [1.29, 1.82) is 0 Å². The Balaban J connectivity index is 1.56. The zero-order valence-electron chi connectivity index (χ0n) is 26.7. The second kappa shape index (κ2) is 13.5. The van der Waals surface area contributed by atoms with Crippen LogP contribution in [0.5, 0.6) is 5.75 Å². The number of nitrogens with one attached hydrogen (secondary N) is 2. The van der Waals surface area contributed by atoms with E-state index in [1.54, 1.807) is 36.4 Å². The molecule has 7 nitrogen and oxygen atoms in total. The zero-order valence-corrected chi connectivity index (χ0v) is 27.4. The minimum absolute atomic E-state index is 0.192. The SMILES string of the molecule is Cc1ccc(NC(=O)C2C(=O)CC(C)(O)C(C(=O)Nc3ccc(C)cc3C)C2c2cccc(OCc3ccccc3Cl)c2)c(C)c1. The normalized spacial score (nSPS) is 21.0. The number of amides is 2. The van der Waals surface area contributed by atoms with Crippen LogP contribution in [0.1, 0.15) is 52.6 Å². The minimum atomic E-state index is -1.74. The number of halogens is 1. The Morgan fingerprint density at radius 2 is 1.46 bits per heavy atom. The van der Waals surface area contributed by atoms with Gasteiger partial charge in [-0.25, -0.2) is 0 Å². The Morgan fingerprint density at radius 3 is 2.07 bits per heavy atom. The maximum absolute atomic E-state index is 14.2. The van der Waals surface area contributed by atoms with Gasteiger partial charge in [0, 0.05) is 34.3 Å². The fourth-order valence-electron chi connectivity index (χ4n) is 6.41. The van der Waals surface area contributed by atoms with Crippen LogP contribution in [0, 0.1) is 39.5 Å². The fraction of sp³-hybridized carbons (Fsp3) is 0.289. The number of rotatable bonds is 8. The summed E-state index contributed by atoms with van der Waals surface area (Å²) in [7, 11) is 0. The molecule has 4 unspecified atom stereocenters. The van der Waals surface area contributed by atoms with Gasteiger partial charge in [0.05, 0.1) is 11.5 Å². The molecule has 0 bridgehead atoms. The highest BCUT2D eigenvalue weighted by Crippen LogP contribution is 2.47. The number of anilines is 2. The number of ketones is 1. The van der Waals surface area contributed by atoms with Crippen molar-refractivity contribution in [2.45, 2.75) is 59.2 Å². The van der Waals surface area contributed by atoms with E-state index in [-0.39, 0.29) is 13.0 Å². The zero-order chi connectivity index (χ0) is 33.2. The van der Waals surface area contributed by atoms with E-state index in [0.717, 1.165) is 27.8 Å². The summed E-state index contributed by atoms with van der Waals surface area (Å²) in [5.74, 6) is -4.41. The van der Waals surface area contributed by atoms with Crippen molar-refractivity contribution in [3.63, 3.8) is 0 Å². The third-order valence-corrected chi connectivity index (χ3v) is 9.08. The van der Waals surface area contributed by atoms with Crippen LogP contribution < -0.4 is 15.4 Å². The van der Waals surface area contributed by atoms with E-state index in [1.807, 2.05) is 76.2 Å². The first-order valence-corrected chi connectivity index (χ1v) is 15.7. The molecule has 1 fully saturated rings. The van der Waals surface area contributed by atoms with Gasteiger partial charge in [0.15, 0.2) is 0 Å². The van der Waals surface area contributed by atoms with Crippen LogP contribution in [0.2, 0.25) is 5.02 Å². The molecule has 4 atom stereocenters.